The summed E-state index contributed by atoms with van der Waals surface area (Å²) in [6, 6.07) is 0. The minimum absolute atomic E-state index is 0. The van der Waals surface area contributed by atoms with Crippen LogP contribution in [0.25, 0.3) is 0 Å². The van der Waals surface area contributed by atoms with Crippen molar-refractivity contribution in [2.24, 2.45) is 5.73 Å². The lowest BCUT2D eigenvalue weighted by atomic mass is 9.94. The molecule has 2 amide bonds. The van der Waals surface area contributed by atoms with Crippen molar-refractivity contribution in [3.05, 3.63) is 0 Å². The first-order chi connectivity index (χ1) is 9.50. The molecule has 1 aliphatic rings. The van der Waals surface area contributed by atoms with Crippen LogP contribution in [0, 0.1) is 0 Å². The van der Waals surface area contributed by atoms with Crippen molar-refractivity contribution in [3.63, 3.8) is 0 Å². The van der Waals surface area contributed by atoms with Crippen molar-refractivity contribution in [1.82, 2.24) is 10.2 Å². The Hall–Kier alpha value is -0.810. The molecule has 1 rings (SSSR count). The van der Waals surface area contributed by atoms with Crippen molar-refractivity contribution in [3.8, 4) is 0 Å². The van der Waals surface area contributed by atoms with E-state index < -0.39 is 0 Å². The van der Waals surface area contributed by atoms with Gasteiger partial charge in [-0.25, -0.2) is 0 Å². The predicted molar refractivity (Wildman–Crippen MR) is 87.4 cm³/mol. The van der Waals surface area contributed by atoms with Gasteiger partial charge in [0.25, 0.3) is 0 Å². The van der Waals surface area contributed by atoms with E-state index in [1.165, 1.54) is 0 Å². The third-order valence-corrected chi connectivity index (χ3v) is 4.30. The zero-order valence-electron chi connectivity index (χ0n) is 13.3. The number of nitrogens with zero attached hydrogens (tertiary/aromatic N) is 1. The summed E-state index contributed by atoms with van der Waals surface area (Å²) >= 11 is 0. The molecule has 0 aromatic heterocycles. The van der Waals surface area contributed by atoms with E-state index in [4.69, 9.17) is 5.73 Å². The summed E-state index contributed by atoms with van der Waals surface area (Å²) < 4.78 is 0. The Kier molecular flexibility index (Phi) is 9.62. The van der Waals surface area contributed by atoms with Crippen molar-refractivity contribution < 1.29 is 9.59 Å². The van der Waals surface area contributed by atoms with Crippen LogP contribution in [0.4, 0.5) is 0 Å². The minimum atomic E-state index is -0.337. The van der Waals surface area contributed by atoms with Gasteiger partial charge in [-0.15, -0.1) is 12.4 Å². The molecule has 0 spiro atoms. The molecule has 0 aromatic rings. The maximum Gasteiger partial charge on any atom is 0.239 e. The maximum absolute atomic E-state index is 12.0. The van der Waals surface area contributed by atoms with Gasteiger partial charge < -0.3 is 16.0 Å². The van der Waals surface area contributed by atoms with Gasteiger partial charge in [-0.2, -0.15) is 0 Å². The Morgan fingerprint density at radius 1 is 1.24 bits per heavy atom. The SMILES string of the molecule is CCC(N)(CC)CNC(=O)CN1CCCCCCC1=O.Cl. The molecule has 3 N–H and O–H groups in total. The number of amides is 2. The van der Waals surface area contributed by atoms with Crippen LogP contribution in [0.3, 0.4) is 0 Å². The van der Waals surface area contributed by atoms with Gasteiger partial charge >= 0.3 is 0 Å². The molecular formula is C15H30ClN3O2. The third kappa shape index (κ3) is 7.14. The van der Waals surface area contributed by atoms with Gasteiger partial charge in [-0.1, -0.05) is 26.7 Å². The van der Waals surface area contributed by atoms with Crippen molar-refractivity contribution in [2.45, 2.75) is 64.3 Å². The van der Waals surface area contributed by atoms with E-state index in [9.17, 15) is 9.59 Å². The predicted octanol–water partition coefficient (Wildman–Crippen LogP) is 1.83. The van der Waals surface area contributed by atoms with E-state index in [0.717, 1.165) is 38.5 Å². The van der Waals surface area contributed by atoms with Crippen LogP contribution < -0.4 is 11.1 Å². The van der Waals surface area contributed by atoms with E-state index in [2.05, 4.69) is 5.32 Å². The first-order valence-corrected chi connectivity index (χ1v) is 7.84. The van der Waals surface area contributed by atoms with E-state index in [1.54, 1.807) is 4.90 Å². The topological polar surface area (TPSA) is 75.4 Å². The summed E-state index contributed by atoms with van der Waals surface area (Å²) in [6.45, 7) is 5.39. The second kappa shape index (κ2) is 10.0. The number of nitrogens with one attached hydrogen (secondary N) is 1. The third-order valence-electron chi connectivity index (χ3n) is 4.30. The molecule has 1 saturated heterocycles. The summed E-state index contributed by atoms with van der Waals surface area (Å²) in [4.78, 5) is 25.6. The number of nitrogens with two attached hydrogens (primary N) is 1. The Bertz CT molecular complexity index is 333. The van der Waals surface area contributed by atoms with Gasteiger partial charge in [-0.3, -0.25) is 9.59 Å². The van der Waals surface area contributed by atoms with Gasteiger partial charge in [-0.05, 0) is 25.7 Å². The monoisotopic (exact) mass is 319 g/mol. The first kappa shape index (κ1) is 20.2. The number of hydrogen-bond donors (Lipinski definition) is 2. The average Bonchev–Trinajstić information content (AvgIpc) is 2.44. The first-order valence-electron chi connectivity index (χ1n) is 7.84. The normalized spacial score (nSPS) is 16.7. The zero-order chi connectivity index (χ0) is 15.0. The van der Waals surface area contributed by atoms with Crippen LogP contribution in [0.15, 0.2) is 0 Å². The van der Waals surface area contributed by atoms with Crippen LogP contribution >= 0.6 is 12.4 Å². The number of carbonyl (C=O) groups is 2. The lowest BCUT2D eigenvalue weighted by Crippen LogP contribution is -2.51. The highest BCUT2D eigenvalue weighted by Crippen LogP contribution is 2.12. The molecule has 124 valence electrons. The largest absolute Gasteiger partial charge is 0.353 e. The molecular weight excluding hydrogens is 290 g/mol. The fraction of sp³-hybridized carbons (Fsp3) is 0.867. The lowest BCUT2D eigenvalue weighted by molar-refractivity contribution is -0.136. The fourth-order valence-corrected chi connectivity index (χ4v) is 2.39. The molecule has 0 aliphatic carbocycles. The van der Waals surface area contributed by atoms with Crippen LogP contribution in [0.5, 0.6) is 0 Å². The van der Waals surface area contributed by atoms with Crippen LogP contribution in [0.1, 0.15) is 58.8 Å². The van der Waals surface area contributed by atoms with Crippen molar-refractivity contribution in [2.75, 3.05) is 19.6 Å². The zero-order valence-corrected chi connectivity index (χ0v) is 14.1. The van der Waals surface area contributed by atoms with Crippen molar-refractivity contribution in [1.29, 1.82) is 0 Å². The van der Waals surface area contributed by atoms with E-state index in [0.29, 0.717) is 19.5 Å². The summed E-state index contributed by atoms with van der Waals surface area (Å²) in [7, 11) is 0. The Morgan fingerprint density at radius 2 is 1.86 bits per heavy atom. The number of rotatable bonds is 6. The summed E-state index contributed by atoms with van der Waals surface area (Å²) in [5.74, 6) is 0.000457. The minimum Gasteiger partial charge on any atom is -0.353 e. The van der Waals surface area contributed by atoms with E-state index in [1.807, 2.05) is 13.8 Å². The molecule has 0 atom stereocenters. The Balaban J connectivity index is 0.00000400. The highest BCUT2D eigenvalue weighted by atomic mass is 35.5. The Labute approximate surface area is 134 Å². The smallest absolute Gasteiger partial charge is 0.239 e. The molecule has 0 saturated carbocycles. The second-order valence-electron chi connectivity index (χ2n) is 5.83. The van der Waals surface area contributed by atoms with Crippen LogP contribution in [-0.4, -0.2) is 41.9 Å². The van der Waals surface area contributed by atoms with Gasteiger partial charge in [0.05, 0.1) is 6.54 Å². The molecule has 21 heavy (non-hydrogen) atoms. The van der Waals surface area contributed by atoms with Gasteiger partial charge in [0.1, 0.15) is 0 Å². The van der Waals surface area contributed by atoms with Crippen LogP contribution in [0.2, 0.25) is 0 Å². The van der Waals surface area contributed by atoms with Gasteiger partial charge in [0, 0.05) is 25.0 Å². The fourth-order valence-electron chi connectivity index (χ4n) is 2.39. The molecule has 1 aliphatic heterocycles. The summed E-state index contributed by atoms with van der Waals surface area (Å²) in [5, 5.41) is 2.87. The summed E-state index contributed by atoms with van der Waals surface area (Å²) in [5.41, 5.74) is 5.82. The standard InChI is InChI=1S/C15H29N3O2.ClH/c1-3-15(16,4-2)12-17-13(19)11-18-10-8-6-5-7-9-14(18)20;/h3-12,16H2,1-2H3,(H,17,19);1H. The number of halogens is 1. The molecule has 1 heterocycles. The van der Waals surface area contributed by atoms with Gasteiger partial charge in [0.15, 0.2) is 0 Å². The molecule has 0 unspecified atom stereocenters. The second-order valence-corrected chi connectivity index (χ2v) is 5.83. The molecule has 5 nitrogen and oxygen atoms in total. The quantitative estimate of drug-likeness (QED) is 0.784. The van der Waals surface area contributed by atoms with Crippen LogP contribution in [-0.2, 0) is 9.59 Å². The van der Waals surface area contributed by atoms with E-state index >= 15 is 0 Å². The van der Waals surface area contributed by atoms with E-state index in [-0.39, 0.29) is 36.3 Å². The average molecular weight is 320 g/mol. The van der Waals surface area contributed by atoms with Crippen molar-refractivity contribution >= 4 is 24.2 Å². The maximum atomic E-state index is 12.0. The molecule has 0 radical (unpaired) electrons. The van der Waals surface area contributed by atoms with Gasteiger partial charge in [0.2, 0.25) is 11.8 Å². The lowest BCUT2D eigenvalue weighted by Gasteiger charge is -2.28. The number of hydrogen-bond acceptors (Lipinski definition) is 3. The molecule has 0 bridgehead atoms. The summed E-state index contributed by atoms with van der Waals surface area (Å²) in [6.07, 6.45) is 6.41. The highest BCUT2D eigenvalue weighted by Gasteiger charge is 2.23. The molecule has 1 fully saturated rings. The number of carbonyl (C=O) groups excluding carboxylic acids is 2. The highest BCUT2D eigenvalue weighted by molar-refractivity contribution is 5.85. The molecule has 0 aromatic carbocycles. The molecule has 6 heteroatoms. The Morgan fingerprint density at radius 3 is 2.48 bits per heavy atom. The number of likely N-dealkylation sites (tertiary alicyclic amines) is 1.